The first-order chi connectivity index (χ1) is 10.7. The fourth-order valence-electron chi connectivity index (χ4n) is 3.20. The summed E-state index contributed by atoms with van der Waals surface area (Å²) in [6, 6.07) is 10.1. The van der Waals surface area contributed by atoms with Gasteiger partial charge in [0.25, 0.3) is 0 Å². The first-order valence-corrected chi connectivity index (χ1v) is 7.72. The molecule has 22 heavy (non-hydrogen) atoms. The Morgan fingerprint density at radius 1 is 1.05 bits per heavy atom. The number of alkyl halides is 1. The van der Waals surface area contributed by atoms with Crippen molar-refractivity contribution >= 4 is 10.8 Å². The molecule has 0 aromatic heterocycles. The number of ether oxygens (including phenoxy) is 2. The van der Waals surface area contributed by atoms with Crippen molar-refractivity contribution in [3.05, 3.63) is 35.9 Å². The molecular formula is C18H22FNO2. The summed E-state index contributed by atoms with van der Waals surface area (Å²) in [7, 11) is 3.37. The van der Waals surface area contributed by atoms with Crippen molar-refractivity contribution in [3.63, 3.8) is 0 Å². The van der Waals surface area contributed by atoms with Crippen LogP contribution < -0.4 is 9.47 Å². The maximum Gasteiger partial charge on any atom is 0.127 e. The lowest BCUT2D eigenvalue weighted by Gasteiger charge is -2.29. The summed E-state index contributed by atoms with van der Waals surface area (Å²) in [6.07, 6.45) is 0.620. The van der Waals surface area contributed by atoms with E-state index in [0.717, 1.165) is 41.9 Å². The average Bonchev–Trinajstić information content (AvgIpc) is 2.56. The van der Waals surface area contributed by atoms with Crippen LogP contribution in [-0.2, 0) is 6.54 Å². The molecule has 1 aliphatic rings. The van der Waals surface area contributed by atoms with Crippen LogP contribution >= 0.6 is 0 Å². The molecule has 3 rings (SSSR count). The summed E-state index contributed by atoms with van der Waals surface area (Å²) in [6.45, 7) is 2.43. The lowest BCUT2D eigenvalue weighted by molar-refractivity contribution is 0.145. The number of halogens is 1. The van der Waals surface area contributed by atoms with Crippen LogP contribution in [0.3, 0.4) is 0 Å². The third-order valence-corrected chi connectivity index (χ3v) is 4.40. The Bertz CT molecular complexity index is 651. The Morgan fingerprint density at radius 3 is 2.45 bits per heavy atom. The van der Waals surface area contributed by atoms with Gasteiger partial charge in [0.15, 0.2) is 0 Å². The normalized spacial score (nSPS) is 16.9. The number of nitrogens with zero attached hydrogens (tertiary/aromatic N) is 1. The molecule has 0 aliphatic carbocycles. The van der Waals surface area contributed by atoms with E-state index < -0.39 is 6.17 Å². The molecule has 1 fully saturated rings. The molecule has 1 aliphatic heterocycles. The fraction of sp³-hybridized carbons (Fsp3) is 0.444. The first kappa shape index (κ1) is 15.1. The zero-order chi connectivity index (χ0) is 15.5. The minimum Gasteiger partial charge on any atom is -0.496 e. The summed E-state index contributed by atoms with van der Waals surface area (Å²) < 4.78 is 24.3. The van der Waals surface area contributed by atoms with Crippen LogP contribution in [0.1, 0.15) is 18.4 Å². The van der Waals surface area contributed by atoms with Crippen LogP contribution in [0.25, 0.3) is 10.8 Å². The Labute approximate surface area is 130 Å². The van der Waals surface area contributed by atoms with Gasteiger partial charge in [0.2, 0.25) is 0 Å². The van der Waals surface area contributed by atoms with Gasteiger partial charge in [-0.3, -0.25) is 4.90 Å². The summed E-state index contributed by atoms with van der Waals surface area (Å²) in [5.41, 5.74) is 1.20. The van der Waals surface area contributed by atoms with Gasteiger partial charge in [-0.05, 0) is 30.5 Å². The van der Waals surface area contributed by atoms with E-state index in [0.29, 0.717) is 12.8 Å². The van der Waals surface area contributed by atoms with Gasteiger partial charge in [-0.1, -0.05) is 18.2 Å². The molecule has 1 saturated heterocycles. The van der Waals surface area contributed by atoms with E-state index in [2.05, 4.69) is 11.0 Å². The number of methoxy groups -OCH3 is 2. The van der Waals surface area contributed by atoms with Crippen LogP contribution in [0, 0.1) is 0 Å². The van der Waals surface area contributed by atoms with Crippen molar-refractivity contribution in [1.29, 1.82) is 0 Å². The molecule has 0 bridgehead atoms. The van der Waals surface area contributed by atoms with Crippen molar-refractivity contribution < 1.29 is 13.9 Å². The number of hydrogen-bond acceptors (Lipinski definition) is 3. The van der Waals surface area contributed by atoms with Gasteiger partial charge in [0, 0.05) is 30.4 Å². The van der Waals surface area contributed by atoms with Crippen LogP contribution in [0.5, 0.6) is 11.5 Å². The van der Waals surface area contributed by atoms with E-state index in [-0.39, 0.29) is 0 Å². The second-order valence-electron chi connectivity index (χ2n) is 5.76. The largest absolute Gasteiger partial charge is 0.496 e. The molecule has 4 heteroatoms. The van der Waals surface area contributed by atoms with Gasteiger partial charge in [0.05, 0.1) is 14.2 Å². The van der Waals surface area contributed by atoms with Crippen LogP contribution in [0.2, 0.25) is 0 Å². The van der Waals surface area contributed by atoms with E-state index >= 15 is 0 Å². The predicted octanol–water partition coefficient (Wildman–Crippen LogP) is 3.79. The van der Waals surface area contributed by atoms with Gasteiger partial charge in [0.1, 0.15) is 17.7 Å². The number of fused-ring (bicyclic) bond motifs is 1. The third-order valence-electron chi connectivity index (χ3n) is 4.40. The van der Waals surface area contributed by atoms with Crippen LogP contribution in [-0.4, -0.2) is 38.4 Å². The summed E-state index contributed by atoms with van der Waals surface area (Å²) in [5, 5.41) is 2.14. The SMILES string of the molecule is COc1ccc(CN2CCC(F)CC2)c2c(OC)cccc12. The molecular weight excluding hydrogens is 281 g/mol. The standard InChI is InChI=1S/C18H22FNO2/c1-21-16-7-6-13(12-20-10-8-14(19)9-11-20)18-15(16)4-3-5-17(18)22-2/h3-7,14H,8-12H2,1-2H3. The molecule has 0 saturated carbocycles. The minimum absolute atomic E-state index is 0.630. The van der Waals surface area contributed by atoms with Crippen molar-refractivity contribution in [2.75, 3.05) is 27.3 Å². The number of likely N-dealkylation sites (tertiary alicyclic amines) is 1. The van der Waals surface area contributed by atoms with E-state index in [4.69, 9.17) is 9.47 Å². The van der Waals surface area contributed by atoms with Gasteiger partial charge in [-0.15, -0.1) is 0 Å². The summed E-state index contributed by atoms with van der Waals surface area (Å²) in [5.74, 6) is 1.70. The van der Waals surface area contributed by atoms with Crippen LogP contribution in [0.15, 0.2) is 30.3 Å². The molecule has 3 nitrogen and oxygen atoms in total. The highest BCUT2D eigenvalue weighted by Gasteiger charge is 2.20. The van der Waals surface area contributed by atoms with E-state index in [1.807, 2.05) is 24.3 Å². The zero-order valence-electron chi connectivity index (χ0n) is 13.1. The number of benzene rings is 2. The van der Waals surface area contributed by atoms with Crippen molar-refractivity contribution in [2.24, 2.45) is 0 Å². The van der Waals surface area contributed by atoms with Gasteiger partial charge in [-0.25, -0.2) is 4.39 Å². The number of hydrogen-bond donors (Lipinski definition) is 0. The highest BCUT2D eigenvalue weighted by molar-refractivity contribution is 5.95. The summed E-state index contributed by atoms with van der Waals surface area (Å²) in [4.78, 5) is 2.31. The second-order valence-corrected chi connectivity index (χ2v) is 5.76. The van der Waals surface area contributed by atoms with Crippen molar-refractivity contribution in [2.45, 2.75) is 25.6 Å². The van der Waals surface area contributed by atoms with E-state index in [1.165, 1.54) is 5.56 Å². The average molecular weight is 303 g/mol. The molecule has 0 unspecified atom stereocenters. The van der Waals surface area contributed by atoms with Gasteiger partial charge >= 0.3 is 0 Å². The third kappa shape index (κ3) is 2.88. The Kier molecular flexibility index (Phi) is 4.48. The second kappa shape index (κ2) is 6.53. The fourth-order valence-corrected chi connectivity index (χ4v) is 3.20. The maximum atomic E-state index is 13.3. The van der Waals surface area contributed by atoms with Crippen molar-refractivity contribution in [3.8, 4) is 11.5 Å². The lowest BCUT2D eigenvalue weighted by atomic mass is 10.0. The molecule has 2 aromatic carbocycles. The molecule has 0 radical (unpaired) electrons. The maximum absolute atomic E-state index is 13.3. The number of piperidine rings is 1. The molecule has 2 aromatic rings. The highest BCUT2D eigenvalue weighted by Crippen LogP contribution is 2.35. The number of rotatable bonds is 4. The van der Waals surface area contributed by atoms with Crippen LogP contribution in [0.4, 0.5) is 4.39 Å². The molecule has 0 amide bonds. The lowest BCUT2D eigenvalue weighted by Crippen LogP contribution is -2.33. The molecule has 0 N–H and O–H groups in total. The topological polar surface area (TPSA) is 21.7 Å². The molecule has 0 atom stereocenters. The predicted molar refractivity (Wildman–Crippen MR) is 86.5 cm³/mol. The van der Waals surface area contributed by atoms with Crippen molar-refractivity contribution in [1.82, 2.24) is 4.90 Å². The van der Waals surface area contributed by atoms with Gasteiger partial charge in [-0.2, -0.15) is 0 Å². The first-order valence-electron chi connectivity index (χ1n) is 7.72. The molecule has 118 valence electrons. The summed E-state index contributed by atoms with van der Waals surface area (Å²) >= 11 is 0. The Morgan fingerprint density at radius 2 is 1.77 bits per heavy atom. The Hall–Kier alpha value is -1.81. The smallest absolute Gasteiger partial charge is 0.127 e. The highest BCUT2D eigenvalue weighted by atomic mass is 19.1. The van der Waals surface area contributed by atoms with Gasteiger partial charge < -0.3 is 9.47 Å². The Balaban J connectivity index is 1.98. The molecule has 0 spiro atoms. The zero-order valence-corrected chi connectivity index (χ0v) is 13.1. The monoisotopic (exact) mass is 303 g/mol. The minimum atomic E-state index is -0.640. The van der Waals surface area contributed by atoms with E-state index in [1.54, 1.807) is 14.2 Å². The molecule has 1 heterocycles. The quantitative estimate of drug-likeness (QED) is 0.858. The van der Waals surface area contributed by atoms with E-state index in [9.17, 15) is 4.39 Å².